The Balaban J connectivity index is 1.21. The minimum Gasteiger partial charge on any atom is -0.453 e. The first-order valence-electron chi connectivity index (χ1n) is 12.9. The number of carbonyl (C=O) groups excluding carboxylic acids is 1. The molecule has 1 aliphatic rings. The van der Waals surface area contributed by atoms with Gasteiger partial charge in [-0.25, -0.2) is 23.1 Å². The third kappa shape index (κ3) is 5.39. The molecule has 4 N–H and O–H groups in total. The van der Waals surface area contributed by atoms with Gasteiger partial charge in [0.15, 0.2) is 28.7 Å². The normalized spacial score (nSPS) is 16.7. The van der Waals surface area contributed by atoms with E-state index in [-0.39, 0.29) is 23.7 Å². The van der Waals surface area contributed by atoms with Crippen LogP contribution in [-0.4, -0.2) is 55.9 Å². The van der Waals surface area contributed by atoms with Gasteiger partial charge in [0.05, 0.1) is 6.04 Å². The van der Waals surface area contributed by atoms with E-state index in [1.165, 1.54) is 61.1 Å². The van der Waals surface area contributed by atoms with Gasteiger partial charge >= 0.3 is 0 Å². The fraction of sp³-hybridized carbons (Fsp3) is 0.179. The standard InChI is InChI=1S/C28H23F3N8O3/c29-15-1-4-17(5-2-15)39-12-11-33-24(28(39)41)27(40)35-16-3-6-21(18(30)13-16)42-22-8-10-34-25-23(22)26(38-37-25)36-20-7-9-32-14-19(20)31/h1-6,8,10-13,19-20,32H,7,9,14H2,(H,35,40)(H2,34,36,37,38)/t19-,20?/m0/s1. The Bertz CT molecular complexity index is 1830. The molecule has 42 heavy (non-hydrogen) atoms. The van der Waals surface area contributed by atoms with E-state index in [0.717, 1.165) is 10.6 Å². The average molecular weight is 577 g/mol. The van der Waals surface area contributed by atoms with Gasteiger partial charge in [0.25, 0.3) is 11.5 Å². The third-order valence-electron chi connectivity index (χ3n) is 6.72. The highest BCUT2D eigenvalue weighted by atomic mass is 19.1. The number of carbonyl (C=O) groups is 1. The quantitative estimate of drug-likeness (QED) is 0.229. The molecule has 4 heterocycles. The van der Waals surface area contributed by atoms with Crippen molar-refractivity contribution in [3.8, 4) is 17.2 Å². The van der Waals surface area contributed by atoms with E-state index in [0.29, 0.717) is 35.5 Å². The van der Waals surface area contributed by atoms with Crippen molar-refractivity contribution in [1.82, 2.24) is 30.0 Å². The van der Waals surface area contributed by atoms with Crippen molar-refractivity contribution in [2.75, 3.05) is 23.7 Å². The van der Waals surface area contributed by atoms with Gasteiger partial charge in [0.1, 0.15) is 23.1 Å². The van der Waals surface area contributed by atoms with Crippen molar-refractivity contribution in [2.45, 2.75) is 18.6 Å². The second kappa shape index (κ2) is 11.3. The number of anilines is 2. The van der Waals surface area contributed by atoms with Crippen LogP contribution < -0.4 is 26.2 Å². The minimum absolute atomic E-state index is 0.0497. The molecule has 11 nitrogen and oxygen atoms in total. The first kappa shape index (κ1) is 27.0. The highest BCUT2D eigenvalue weighted by Gasteiger charge is 2.26. The second-order valence-corrected chi connectivity index (χ2v) is 9.49. The molecule has 1 saturated heterocycles. The van der Waals surface area contributed by atoms with Crippen molar-refractivity contribution in [3.63, 3.8) is 0 Å². The van der Waals surface area contributed by atoms with Crippen molar-refractivity contribution >= 4 is 28.4 Å². The monoisotopic (exact) mass is 576 g/mol. The van der Waals surface area contributed by atoms with E-state index < -0.39 is 41.0 Å². The maximum atomic E-state index is 15.1. The number of piperidine rings is 1. The number of hydrogen-bond donors (Lipinski definition) is 4. The molecule has 1 fully saturated rings. The first-order chi connectivity index (χ1) is 20.4. The molecule has 6 rings (SSSR count). The lowest BCUT2D eigenvalue weighted by atomic mass is 10.0. The van der Waals surface area contributed by atoms with Gasteiger partial charge in [-0.3, -0.25) is 19.3 Å². The Hall–Kier alpha value is -5.24. The van der Waals surface area contributed by atoms with Crippen LogP contribution in [0.4, 0.5) is 24.7 Å². The van der Waals surface area contributed by atoms with Crippen LogP contribution in [0.5, 0.6) is 11.5 Å². The van der Waals surface area contributed by atoms with Gasteiger partial charge in [-0.05, 0) is 49.4 Å². The molecule has 2 aromatic carbocycles. The van der Waals surface area contributed by atoms with Crippen LogP contribution in [-0.2, 0) is 0 Å². The number of hydrogen-bond acceptors (Lipinski definition) is 8. The molecule has 14 heteroatoms. The van der Waals surface area contributed by atoms with E-state index in [1.807, 2.05) is 0 Å². The Morgan fingerprint density at radius 3 is 2.67 bits per heavy atom. The number of rotatable bonds is 7. The number of nitrogens with zero attached hydrogens (tertiary/aromatic N) is 4. The summed E-state index contributed by atoms with van der Waals surface area (Å²) in [5.74, 6) is -1.74. The van der Waals surface area contributed by atoms with Gasteiger partial charge in [-0.1, -0.05) is 0 Å². The van der Waals surface area contributed by atoms with Gasteiger partial charge in [0, 0.05) is 48.6 Å². The van der Waals surface area contributed by atoms with Crippen LogP contribution in [0.2, 0.25) is 0 Å². The molecule has 5 aromatic rings. The molecular weight excluding hydrogens is 553 g/mol. The summed E-state index contributed by atoms with van der Waals surface area (Å²) in [6.07, 6.45) is 3.48. The van der Waals surface area contributed by atoms with Crippen LogP contribution in [0.25, 0.3) is 16.7 Å². The van der Waals surface area contributed by atoms with Gasteiger partial charge in [-0.2, -0.15) is 5.10 Å². The molecule has 0 aliphatic carbocycles. The lowest BCUT2D eigenvalue weighted by molar-refractivity contribution is 0.102. The lowest BCUT2D eigenvalue weighted by Gasteiger charge is -2.27. The number of halogens is 3. The molecule has 0 saturated carbocycles. The number of H-pyrrole nitrogens is 1. The number of fused-ring (bicyclic) bond motifs is 1. The largest absolute Gasteiger partial charge is 0.453 e. The molecule has 3 aromatic heterocycles. The lowest BCUT2D eigenvalue weighted by Crippen LogP contribution is -2.45. The second-order valence-electron chi connectivity index (χ2n) is 9.49. The molecule has 214 valence electrons. The van der Waals surface area contributed by atoms with E-state index in [1.54, 1.807) is 0 Å². The summed E-state index contributed by atoms with van der Waals surface area (Å²) in [5, 5.41) is 15.9. The Kier molecular flexibility index (Phi) is 7.27. The van der Waals surface area contributed by atoms with Crippen molar-refractivity contribution in [3.05, 3.63) is 94.8 Å². The number of benzene rings is 2. The SMILES string of the molecule is O=C(Nc1ccc(Oc2ccnc3[nH]nc(NC4CCNC[C@@H]4F)c23)c(F)c1)c1nccn(-c2ccc(F)cc2)c1=O. The number of pyridine rings is 1. The first-order valence-corrected chi connectivity index (χ1v) is 12.9. The number of alkyl halides is 1. The van der Waals surface area contributed by atoms with Crippen molar-refractivity contribution in [1.29, 1.82) is 0 Å². The Morgan fingerprint density at radius 1 is 1.05 bits per heavy atom. The van der Waals surface area contributed by atoms with Gasteiger partial charge in [0.2, 0.25) is 0 Å². The summed E-state index contributed by atoms with van der Waals surface area (Å²) in [6, 6.07) is 9.94. The zero-order valence-electron chi connectivity index (χ0n) is 21.8. The Morgan fingerprint density at radius 2 is 1.88 bits per heavy atom. The summed E-state index contributed by atoms with van der Waals surface area (Å²) >= 11 is 0. The van der Waals surface area contributed by atoms with Crippen LogP contribution >= 0.6 is 0 Å². The highest BCUT2D eigenvalue weighted by Crippen LogP contribution is 2.35. The summed E-state index contributed by atoms with van der Waals surface area (Å²) in [4.78, 5) is 33.8. The highest BCUT2D eigenvalue weighted by molar-refractivity contribution is 6.02. The van der Waals surface area contributed by atoms with Crippen molar-refractivity contribution < 1.29 is 22.7 Å². The molecule has 0 radical (unpaired) electrons. The van der Waals surface area contributed by atoms with E-state index >= 15 is 4.39 Å². The zero-order valence-corrected chi connectivity index (χ0v) is 21.8. The maximum absolute atomic E-state index is 15.1. The fourth-order valence-electron chi connectivity index (χ4n) is 4.61. The fourth-order valence-corrected chi connectivity index (χ4v) is 4.61. The van der Waals surface area contributed by atoms with E-state index in [9.17, 15) is 18.4 Å². The number of aromatic amines is 1. The molecular formula is C28H23F3N8O3. The third-order valence-corrected chi connectivity index (χ3v) is 6.72. The zero-order chi connectivity index (χ0) is 29.2. The number of amides is 1. The average Bonchev–Trinajstić information content (AvgIpc) is 3.40. The van der Waals surface area contributed by atoms with Crippen LogP contribution in [0.15, 0.2) is 71.9 Å². The predicted octanol–water partition coefficient (Wildman–Crippen LogP) is 3.94. The van der Waals surface area contributed by atoms with Gasteiger partial charge in [-0.15, -0.1) is 0 Å². The number of ether oxygens (including phenoxy) is 1. The minimum atomic E-state index is -1.12. The van der Waals surface area contributed by atoms with Gasteiger partial charge < -0.3 is 20.7 Å². The maximum Gasteiger partial charge on any atom is 0.286 e. The molecule has 1 aliphatic heterocycles. The molecule has 0 bridgehead atoms. The summed E-state index contributed by atoms with van der Waals surface area (Å²) in [6.45, 7) is 0.876. The molecule has 1 amide bonds. The van der Waals surface area contributed by atoms with Crippen LogP contribution in [0.3, 0.4) is 0 Å². The molecule has 0 spiro atoms. The molecule has 2 atom stereocenters. The van der Waals surface area contributed by atoms with Crippen molar-refractivity contribution in [2.24, 2.45) is 0 Å². The smallest absolute Gasteiger partial charge is 0.286 e. The molecule has 1 unspecified atom stereocenters. The summed E-state index contributed by atoms with van der Waals surface area (Å²) < 4.78 is 49.8. The summed E-state index contributed by atoms with van der Waals surface area (Å²) in [5.41, 5.74) is -0.423. The van der Waals surface area contributed by atoms with Crippen LogP contribution in [0.1, 0.15) is 16.9 Å². The topological polar surface area (TPSA) is 139 Å². The number of nitrogens with one attached hydrogen (secondary N) is 4. The van der Waals surface area contributed by atoms with E-state index in [4.69, 9.17) is 4.74 Å². The number of aromatic nitrogens is 5. The van der Waals surface area contributed by atoms with Crippen LogP contribution in [0, 0.1) is 11.6 Å². The van der Waals surface area contributed by atoms with E-state index in [2.05, 4.69) is 36.1 Å². The predicted molar refractivity (Wildman–Crippen MR) is 148 cm³/mol. The summed E-state index contributed by atoms with van der Waals surface area (Å²) in [7, 11) is 0. The Labute approximate surface area is 235 Å².